The molecule has 0 bridgehead atoms. The van der Waals surface area contributed by atoms with Gasteiger partial charge >= 0.3 is 51.4 Å². The number of hydrogen-bond acceptors (Lipinski definition) is 4. The van der Waals surface area contributed by atoms with Crippen molar-refractivity contribution in [2.24, 2.45) is 0 Å². The van der Waals surface area contributed by atoms with Gasteiger partial charge in [0.15, 0.2) is 0 Å². The van der Waals surface area contributed by atoms with Crippen molar-refractivity contribution in [2.45, 2.75) is 147 Å². The molecule has 0 amide bonds. The van der Waals surface area contributed by atoms with E-state index >= 15 is 0 Å². The van der Waals surface area contributed by atoms with Crippen molar-refractivity contribution in [2.75, 3.05) is 0 Å². The first-order valence-corrected chi connectivity index (χ1v) is 13.5. The molecule has 0 rings (SSSR count). The van der Waals surface area contributed by atoms with Crippen LogP contribution in [0.1, 0.15) is 136 Å². The Morgan fingerprint density at radius 3 is 1.28 bits per heavy atom. The molecule has 0 aromatic rings. The smallest absolute Gasteiger partial charge is 0.748 e. The van der Waals surface area contributed by atoms with Crippen LogP contribution in [0.15, 0.2) is 0 Å². The second-order valence-electron chi connectivity index (χ2n) is 8.63. The van der Waals surface area contributed by atoms with Crippen LogP contribution in [0, 0.1) is 0 Å². The second kappa shape index (κ2) is 22.7. The first-order valence-electron chi connectivity index (χ1n) is 12.0. The van der Waals surface area contributed by atoms with Crippen molar-refractivity contribution in [1.29, 1.82) is 0 Å². The molecule has 2 unspecified atom stereocenters. The number of aliphatic hydroxyl groups excluding tert-OH is 1. The van der Waals surface area contributed by atoms with Gasteiger partial charge in [-0.25, -0.2) is 8.42 Å². The molecule has 0 aromatic heterocycles. The zero-order valence-electron chi connectivity index (χ0n) is 19.7. The maximum absolute atomic E-state index is 10.8. The minimum atomic E-state index is -4.09. The van der Waals surface area contributed by atoms with Gasteiger partial charge in [0, 0.05) is 5.25 Å². The molecule has 0 aliphatic heterocycles. The van der Waals surface area contributed by atoms with Crippen molar-refractivity contribution in [1.82, 2.24) is 0 Å². The van der Waals surface area contributed by atoms with E-state index in [1.54, 1.807) is 0 Å². The predicted molar refractivity (Wildman–Crippen MR) is 119 cm³/mol. The van der Waals surface area contributed by atoms with E-state index in [2.05, 4.69) is 6.92 Å². The molecule has 0 saturated heterocycles. The Morgan fingerprint density at radius 2 is 0.966 bits per heavy atom. The Kier molecular flexibility index (Phi) is 25.6. The van der Waals surface area contributed by atoms with Gasteiger partial charge in [-0.3, -0.25) is 0 Å². The molecule has 4 nitrogen and oxygen atoms in total. The van der Waals surface area contributed by atoms with Crippen molar-refractivity contribution >= 4 is 10.1 Å². The molecule has 0 radical (unpaired) electrons. The minimum Gasteiger partial charge on any atom is -0.748 e. The molecular formula is C23H47KO4S. The molecule has 0 aliphatic carbocycles. The van der Waals surface area contributed by atoms with Crippen LogP contribution in [0.2, 0.25) is 0 Å². The van der Waals surface area contributed by atoms with Crippen LogP contribution in [-0.4, -0.2) is 29.4 Å². The molecule has 0 spiro atoms. The summed E-state index contributed by atoms with van der Waals surface area (Å²) in [6.45, 7) is 3.64. The SMILES string of the molecule is CCCC(O)CCCCCCCCCCCCCCCCCC(C)S(=O)(=O)[O-].[K+]. The predicted octanol–water partition coefficient (Wildman–Crippen LogP) is 3.72. The largest absolute Gasteiger partial charge is 1.00 e. The molecular weight excluding hydrogens is 411 g/mol. The average Bonchev–Trinajstić information content (AvgIpc) is 2.63. The summed E-state index contributed by atoms with van der Waals surface area (Å²) in [6.07, 6.45) is 22.2. The zero-order chi connectivity index (χ0) is 21.1. The molecule has 0 aliphatic rings. The maximum Gasteiger partial charge on any atom is 1.00 e. The van der Waals surface area contributed by atoms with Gasteiger partial charge in [-0.2, -0.15) is 0 Å². The third-order valence-corrected chi connectivity index (χ3v) is 6.98. The third kappa shape index (κ3) is 24.0. The van der Waals surface area contributed by atoms with Crippen LogP contribution in [0.4, 0.5) is 0 Å². The van der Waals surface area contributed by atoms with Gasteiger partial charge in [0.05, 0.1) is 16.2 Å². The molecule has 6 heteroatoms. The summed E-state index contributed by atoms with van der Waals surface area (Å²) in [5, 5.41) is 8.95. The van der Waals surface area contributed by atoms with Crippen LogP contribution in [0.3, 0.4) is 0 Å². The summed E-state index contributed by atoms with van der Waals surface area (Å²) < 4.78 is 32.4. The Bertz CT molecular complexity index is 429. The topological polar surface area (TPSA) is 77.4 Å². The first kappa shape index (κ1) is 32.7. The quantitative estimate of drug-likeness (QED) is 0.162. The van der Waals surface area contributed by atoms with E-state index in [-0.39, 0.29) is 57.5 Å². The van der Waals surface area contributed by atoms with Gasteiger partial charge in [0.2, 0.25) is 0 Å². The van der Waals surface area contributed by atoms with Gasteiger partial charge < -0.3 is 9.66 Å². The molecule has 0 aromatic carbocycles. The number of hydrogen-bond donors (Lipinski definition) is 1. The molecule has 1 N–H and O–H groups in total. The molecule has 2 atom stereocenters. The van der Waals surface area contributed by atoms with Gasteiger partial charge in [0.1, 0.15) is 0 Å². The van der Waals surface area contributed by atoms with Crippen LogP contribution >= 0.6 is 0 Å². The van der Waals surface area contributed by atoms with E-state index in [4.69, 9.17) is 0 Å². The maximum atomic E-state index is 10.8. The van der Waals surface area contributed by atoms with Crippen molar-refractivity contribution in [3.8, 4) is 0 Å². The fourth-order valence-electron chi connectivity index (χ4n) is 3.73. The number of aliphatic hydroxyl groups is 1. The summed E-state index contributed by atoms with van der Waals surface area (Å²) in [4.78, 5) is 0. The normalized spacial score (nSPS) is 13.8. The summed E-state index contributed by atoms with van der Waals surface area (Å²) in [5.74, 6) is 0. The van der Waals surface area contributed by atoms with E-state index in [9.17, 15) is 18.1 Å². The van der Waals surface area contributed by atoms with Gasteiger partial charge in [-0.05, 0) is 26.2 Å². The van der Waals surface area contributed by atoms with E-state index in [1.807, 2.05) is 0 Å². The fraction of sp³-hybridized carbons (Fsp3) is 1.00. The van der Waals surface area contributed by atoms with Crippen LogP contribution in [0.25, 0.3) is 0 Å². The summed E-state index contributed by atoms with van der Waals surface area (Å²) in [5.41, 5.74) is 0. The first-order chi connectivity index (χ1) is 13.4. The molecule has 0 heterocycles. The summed E-state index contributed by atoms with van der Waals surface area (Å²) in [6, 6.07) is 0. The molecule has 170 valence electrons. The van der Waals surface area contributed by atoms with Crippen molar-refractivity contribution in [3.63, 3.8) is 0 Å². The van der Waals surface area contributed by atoms with Crippen LogP contribution in [-0.2, 0) is 10.1 Å². The van der Waals surface area contributed by atoms with Crippen molar-refractivity contribution in [3.05, 3.63) is 0 Å². The Balaban J connectivity index is 0. The van der Waals surface area contributed by atoms with Gasteiger partial charge in [-0.15, -0.1) is 0 Å². The number of unbranched alkanes of at least 4 members (excludes halogenated alkanes) is 14. The standard InChI is InChI=1S/C23H48O4S.K/c1-3-19-23(24)21-18-16-14-12-10-8-6-4-5-7-9-11-13-15-17-20-22(2)28(25,26)27;/h22-24H,3-21H2,1-2H3,(H,25,26,27);/q;+1/p-1. The Morgan fingerprint density at radius 1 is 0.655 bits per heavy atom. The van der Waals surface area contributed by atoms with E-state index in [1.165, 1.54) is 84.0 Å². The van der Waals surface area contributed by atoms with Crippen LogP contribution < -0.4 is 51.4 Å². The summed E-state index contributed by atoms with van der Waals surface area (Å²) in [7, 11) is -4.09. The van der Waals surface area contributed by atoms with E-state index < -0.39 is 15.4 Å². The van der Waals surface area contributed by atoms with Crippen molar-refractivity contribution < 1.29 is 69.5 Å². The Labute approximate surface area is 224 Å². The zero-order valence-corrected chi connectivity index (χ0v) is 23.6. The second-order valence-corrected chi connectivity index (χ2v) is 10.4. The molecule has 0 fully saturated rings. The third-order valence-electron chi connectivity index (χ3n) is 5.76. The van der Waals surface area contributed by atoms with Gasteiger partial charge in [0.25, 0.3) is 0 Å². The monoisotopic (exact) mass is 458 g/mol. The molecule has 0 saturated carbocycles. The Hall–Kier alpha value is 1.51. The molecule has 29 heavy (non-hydrogen) atoms. The van der Waals surface area contributed by atoms with E-state index in [0.717, 1.165) is 38.5 Å². The average molecular weight is 459 g/mol. The number of rotatable bonds is 21. The van der Waals surface area contributed by atoms with Crippen LogP contribution in [0.5, 0.6) is 0 Å². The fourth-order valence-corrected chi connectivity index (χ4v) is 4.19. The minimum absolute atomic E-state index is 0. The van der Waals surface area contributed by atoms with Gasteiger partial charge in [-0.1, -0.05) is 110 Å². The van der Waals surface area contributed by atoms with E-state index in [0.29, 0.717) is 6.42 Å². The summed E-state index contributed by atoms with van der Waals surface area (Å²) >= 11 is 0.